The third-order valence-electron chi connectivity index (χ3n) is 33.3. The average molecular weight is 1340 g/mol. The molecule has 1 aromatic carbocycles. The zero-order chi connectivity index (χ0) is 68.5. The summed E-state index contributed by atoms with van der Waals surface area (Å²) in [6.45, 7) is 20.3. The van der Waals surface area contributed by atoms with Crippen LogP contribution in [-0.2, 0) is 48.4 Å². The number of rotatable bonds is 18. The van der Waals surface area contributed by atoms with Gasteiger partial charge < -0.3 is 60.2 Å². The van der Waals surface area contributed by atoms with E-state index in [2.05, 4.69) is 62.3 Å². The minimum Gasteiger partial charge on any atom is -0.461 e. The van der Waals surface area contributed by atoms with Gasteiger partial charge in [-0.25, -0.2) is 0 Å². The molecular weight excluding hydrogens is 1210 g/mol. The largest absolute Gasteiger partial charge is 0.461 e. The van der Waals surface area contributed by atoms with Crippen molar-refractivity contribution in [1.82, 2.24) is 0 Å². The molecule has 540 valence electrons. The number of aliphatic hydroxyl groups excluding tert-OH is 9. The summed E-state index contributed by atoms with van der Waals surface area (Å²) in [6, 6.07) is 5.64. The summed E-state index contributed by atoms with van der Waals surface area (Å²) < 4.78 is 18.1. The first-order valence-corrected chi connectivity index (χ1v) is 39.1. The van der Waals surface area contributed by atoms with Crippen LogP contribution in [0.25, 0.3) is 0 Å². The molecule has 0 aromatic heterocycles. The number of aliphatic hydroxyl groups is 9. The fourth-order valence-corrected chi connectivity index (χ4v) is 27.8. The Labute approximate surface area is 574 Å². The number of hydrogen-bond acceptors (Lipinski definition) is 15. The van der Waals surface area contributed by atoms with Crippen molar-refractivity contribution in [2.45, 2.75) is 310 Å². The van der Waals surface area contributed by atoms with Gasteiger partial charge in [-0.2, -0.15) is 0 Å². The van der Waals surface area contributed by atoms with Crippen molar-refractivity contribution in [3.8, 4) is 0 Å². The van der Waals surface area contributed by atoms with Crippen molar-refractivity contribution < 1.29 is 74.6 Å². The molecular formula is C81H126O15. The van der Waals surface area contributed by atoms with Gasteiger partial charge >= 0.3 is 17.9 Å². The maximum absolute atomic E-state index is 13.8. The molecule has 13 rings (SSSR count). The molecule has 0 aliphatic heterocycles. The molecule has 12 saturated carbocycles. The van der Waals surface area contributed by atoms with E-state index in [-0.39, 0.29) is 214 Å². The molecule has 0 saturated heterocycles. The Morgan fingerprint density at radius 1 is 0.375 bits per heavy atom. The molecule has 0 bridgehead atoms. The van der Waals surface area contributed by atoms with Gasteiger partial charge in [-0.1, -0.05) is 62.3 Å². The minimum absolute atomic E-state index is 0.0101. The minimum atomic E-state index is -0.519. The first-order chi connectivity index (χ1) is 45.4. The predicted molar refractivity (Wildman–Crippen MR) is 363 cm³/mol. The monoisotopic (exact) mass is 1340 g/mol. The Kier molecular flexibility index (Phi) is 20.3. The van der Waals surface area contributed by atoms with Gasteiger partial charge in [0.25, 0.3) is 0 Å². The van der Waals surface area contributed by atoms with E-state index in [4.69, 9.17) is 14.2 Å². The second-order valence-electron chi connectivity index (χ2n) is 37.3. The van der Waals surface area contributed by atoms with E-state index in [0.717, 1.165) is 96.3 Å². The zero-order valence-electron chi connectivity index (χ0n) is 60.0. The fraction of sp³-hybridized carbons (Fsp3) is 0.889. The van der Waals surface area contributed by atoms with E-state index in [9.17, 15) is 60.3 Å². The van der Waals surface area contributed by atoms with Gasteiger partial charge in [0.15, 0.2) is 0 Å². The van der Waals surface area contributed by atoms with Gasteiger partial charge in [0.1, 0.15) is 19.8 Å². The summed E-state index contributed by atoms with van der Waals surface area (Å²) in [6.07, 6.45) is 15.5. The van der Waals surface area contributed by atoms with Crippen LogP contribution in [0, 0.1) is 139 Å². The van der Waals surface area contributed by atoms with Gasteiger partial charge in [-0.05, 0) is 328 Å². The molecule has 0 amide bonds. The van der Waals surface area contributed by atoms with Crippen LogP contribution in [0.15, 0.2) is 18.2 Å². The number of carbonyl (C=O) groups is 3. The summed E-state index contributed by atoms with van der Waals surface area (Å²) in [5.41, 5.74) is 0.837. The number of hydrogen-bond donors (Lipinski definition) is 9. The average Bonchev–Trinajstić information content (AvgIpc) is 1.35. The molecule has 33 atom stereocenters. The van der Waals surface area contributed by atoms with Crippen LogP contribution in [0.2, 0.25) is 0 Å². The molecule has 9 N–H and O–H groups in total. The quantitative estimate of drug-likeness (QED) is 0.0489. The first-order valence-electron chi connectivity index (χ1n) is 39.1. The maximum atomic E-state index is 13.8. The zero-order valence-corrected chi connectivity index (χ0v) is 60.0. The molecule has 1 aromatic rings. The van der Waals surface area contributed by atoms with Crippen LogP contribution >= 0.6 is 0 Å². The van der Waals surface area contributed by atoms with Gasteiger partial charge in [0.05, 0.1) is 54.9 Å². The fourth-order valence-electron chi connectivity index (χ4n) is 27.8. The number of ether oxygens (including phenoxy) is 3. The lowest BCUT2D eigenvalue weighted by atomic mass is 9.43. The highest BCUT2D eigenvalue weighted by Crippen LogP contribution is 2.72. The van der Waals surface area contributed by atoms with E-state index in [1.54, 1.807) is 0 Å². The van der Waals surface area contributed by atoms with Gasteiger partial charge in [-0.15, -0.1) is 0 Å². The SMILES string of the molecule is C[C@H](CCC(=O)OCc1cc(COC(=O)CC[C@@H](C)[C@H]2CC[C@H]3[C@@H]4[C@H](O)C[C@@H]5C[C@H](O)CC[C@]5(C)[C@H]4C[C@H](O)[C@]23C)cc(COC(=O)CC[C@@H](C)[C@H]2CC[C@H]3[C@@H]4[C@H](O)C[C@@H]5C[C@H](O)CC[C@]5(C)[C@H]4C[C@H](O)[C@]23C)c1)[C@H]1CC[C@H]2[C@@H]3[C@H](O)C[C@@H]4C[C@H](O)CC[C@]4(C)[C@H]3C[C@H](O)[C@]12C. The number of esters is 3. The smallest absolute Gasteiger partial charge is 0.306 e. The molecule has 0 spiro atoms. The summed E-state index contributed by atoms with van der Waals surface area (Å²) >= 11 is 0. The van der Waals surface area contributed by atoms with E-state index in [1.807, 2.05) is 18.2 Å². The maximum Gasteiger partial charge on any atom is 0.306 e. The van der Waals surface area contributed by atoms with Crippen LogP contribution < -0.4 is 0 Å². The summed E-state index contributed by atoms with van der Waals surface area (Å²) in [5.74, 6) is 2.14. The van der Waals surface area contributed by atoms with Crippen molar-refractivity contribution in [3.63, 3.8) is 0 Å². The van der Waals surface area contributed by atoms with Crippen LogP contribution in [0.5, 0.6) is 0 Å². The van der Waals surface area contributed by atoms with Crippen LogP contribution in [0.4, 0.5) is 0 Å². The Bertz CT molecular complexity index is 2640. The van der Waals surface area contributed by atoms with Crippen LogP contribution in [0.1, 0.15) is 252 Å². The summed E-state index contributed by atoms with van der Waals surface area (Å²) in [7, 11) is 0. The van der Waals surface area contributed by atoms with Crippen molar-refractivity contribution in [2.75, 3.05) is 0 Å². The van der Waals surface area contributed by atoms with Crippen LogP contribution in [0.3, 0.4) is 0 Å². The normalized spacial score (nSPS) is 49.3. The molecule has 15 heteroatoms. The van der Waals surface area contributed by atoms with E-state index in [0.29, 0.717) is 74.5 Å². The van der Waals surface area contributed by atoms with Crippen LogP contribution in [-0.4, -0.2) is 119 Å². The molecule has 96 heavy (non-hydrogen) atoms. The lowest BCUT2D eigenvalue weighted by Gasteiger charge is -2.63. The highest BCUT2D eigenvalue weighted by atomic mass is 16.5. The molecule has 12 aliphatic rings. The lowest BCUT2D eigenvalue weighted by molar-refractivity contribution is -0.207. The molecule has 0 heterocycles. The lowest BCUT2D eigenvalue weighted by Crippen LogP contribution is -2.62. The number of fused-ring (bicyclic) bond motifs is 15. The Morgan fingerprint density at radius 2 is 0.635 bits per heavy atom. The third-order valence-corrected chi connectivity index (χ3v) is 33.3. The Hall–Kier alpha value is -2.73. The summed E-state index contributed by atoms with van der Waals surface area (Å²) in [4.78, 5) is 41.5. The molecule has 15 nitrogen and oxygen atoms in total. The number of benzene rings is 1. The summed E-state index contributed by atoms with van der Waals surface area (Å²) in [5, 5.41) is 104. The van der Waals surface area contributed by atoms with Gasteiger partial charge in [-0.3, -0.25) is 14.4 Å². The standard InChI is InChI=1S/C81H126O15/c1-43(55-13-16-58-73-61(37-67(88)79(55,58)7)76(4)25-22-52(82)31-49(76)34-64(73)85)10-19-70(91)94-40-46-28-47(41-95-71(92)20-11-44(2)56-14-17-59-74-62(38-68(89)80(56,59)8)77(5)26-23-53(83)32-50(77)35-65(74)86)30-48(29-46)42-96-72(93)21-12-45(3)57-15-18-60-75-63(39-69(90)81(57,60)9)78(6)27-24-54(84)33-51(78)36-66(75)87/h28-30,43-45,49-69,73-75,82-90H,10-27,31-42H2,1-9H3/t43-,44-,45-,49+,50+,51+,52-,53-,54-,55-,56-,57-,58+,59+,60+,61+,62+,63+,64-,65-,66-,67+,68+,69+,73+,74+,75+,76+,77+,78+,79-,80-,81-/m1/s1. The van der Waals surface area contributed by atoms with Gasteiger partial charge in [0.2, 0.25) is 0 Å². The molecule has 12 fully saturated rings. The van der Waals surface area contributed by atoms with Gasteiger partial charge in [0, 0.05) is 19.3 Å². The van der Waals surface area contributed by atoms with Crippen molar-refractivity contribution in [1.29, 1.82) is 0 Å². The molecule has 0 unspecified atom stereocenters. The second kappa shape index (κ2) is 27.1. The highest BCUT2D eigenvalue weighted by Gasteiger charge is 2.69. The van der Waals surface area contributed by atoms with Crippen molar-refractivity contribution >= 4 is 17.9 Å². The predicted octanol–water partition coefficient (Wildman–Crippen LogP) is 11.9. The molecule has 0 radical (unpaired) electrons. The topological polar surface area (TPSA) is 261 Å². The second-order valence-corrected chi connectivity index (χ2v) is 37.3. The Balaban J connectivity index is 0.637. The van der Waals surface area contributed by atoms with E-state index < -0.39 is 36.6 Å². The van der Waals surface area contributed by atoms with E-state index in [1.165, 1.54) is 0 Å². The third kappa shape index (κ3) is 12.3. The Morgan fingerprint density at radius 3 is 0.896 bits per heavy atom. The van der Waals surface area contributed by atoms with Crippen molar-refractivity contribution in [3.05, 3.63) is 34.9 Å². The van der Waals surface area contributed by atoms with E-state index >= 15 is 0 Å². The van der Waals surface area contributed by atoms with Crippen molar-refractivity contribution in [2.24, 2.45) is 139 Å². The molecule has 12 aliphatic carbocycles. The number of carbonyl (C=O) groups excluding carboxylic acids is 3. The highest BCUT2D eigenvalue weighted by molar-refractivity contribution is 5.70. The first kappa shape index (κ1) is 71.7.